The van der Waals surface area contributed by atoms with Crippen LogP contribution in [0.1, 0.15) is 15.9 Å². The van der Waals surface area contributed by atoms with Gasteiger partial charge in [-0.15, -0.1) is 0 Å². The molecule has 0 radical (unpaired) electrons. The van der Waals surface area contributed by atoms with E-state index in [1.807, 2.05) is 30.3 Å². The Balaban J connectivity index is 0.000000505. The molecule has 1 aliphatic rings. The molecule has 1 amide bonds. The number of hydrogen-bond donors (Lipinski definition) is 2. The van der Waals surface area contributed by atoms with E-state index < -0.39 is 24.2 Å². The first kappa shape index (κ1) is 28.7. The second-order valence-corrected chi connectivity index (χ2v) is 8.82. The molecule has 0 spiro atoms. The normalized spacial score (nSPS) is 15.0. The topological polar surface area (TPSA) is 128 Å². The number of ether oxygens (including phenoxy) is 3. The largest absolute Gasteiger partial charge is 0.496 e. The third kappa shape index (κ3) is 6.17. The molecule has 1 heterocycles. The third-order valence-electron chi connectivity index (χ3n) is 5.51. The summed E-state index contributed by atoms with van der Waals surface area (Å²) in [6, 6.07) is 13.9. The Hall–Kier alpha value is -3.84. The Morgan fingerprint density at radius 2 is 1.87 bits per heavy atom. The summed E-state index contributed by atoms with van der Waals surface area (Å²) >= 11 is 3.50. The number of hydrogen-bond acceptors (Lipinski definition) is 7. The summed E-state index contributed by atoms with van der Waals surface area (Å²) in [5, 5.41) is 9.07. The van der Waals surface area contributed by atoms with Gasteiger partial charge in [0.1, 0.15) is 24.0 Å². The molecule has 0 saturated carbocycles. The van der Waals surface area contributed by atoms with Crippen LogP contribution in [0.5, 0.6) is 11.5 Å². The average Bonchev–Trinajstić information content (AvgIpc) is 2.99. The lowest BCUT2D eigenvalue weighted by Crippen LogP contribution is -2.45. The molecule has 9 nitrogen and oxygen atoms in total. The van der Waals surface area contributed by atoms with Crippen LogP contribution in [0.25, 0.3) is 10.8 Å². The van der Waals surface area contributed by atoms with Gasteiger partial charge in [-0.2, -0.15) is 13.2 Å². The van der Waals surface area contributed by atoms with Crippen molar-refractivity contribution in [3.05, 3.63) is 64.1 Å². The smallest absolute Gasteiger partial charge is 0.490 e. The van der Waals surface area contributed by atoms with E-state index >= 15 is 0 Å². The van der Waals surface area contributed by atoms with Crippen LogP contribution in [0, 0.1) is 0 Å². The molecule has 38 heavy (non-hydrogen) atoms. The molecule has 0 fully saturated rings. The van der Waals surface area contributed by atoms with Gasteiger partial charge in [-0.1, -0.05) is 34.1 Å². The van der Waals surface area contributed by atoms with E-state index in [1.54, 1.807) is 30.2 Å². The number of esters is 1. The number of nitrogens with two attached hydrogens (primary N) is 1. The average molecular weight is 599 g/mol. The molecule has 0 bridgehead atoms. The first-order valence-corrected chi connectivity index (χ1v) is 11.6. The maximum Gasteiger partial charge on any atom is 0.490 e. The molecule has 0 aliphatic carbocycles. The van der Waals surface area contributed by atoms with Crippen molar-refractivity contribution in [2.24, 2.45) is 5.73 Å². The van der Waals surface area contributed by atoms with Crippen LogP contribution in [0.2, 0.25) is 0 Å². The maximum atomic E-state index is 13.2. The Kier molecular flexibility index (Phi) is 8.84. The first-order valence-electron chi connectivity index (χ1n) is 10.8. The van der Waals surface area contributed by atoms with Crippen LogP contribution in [0.15, 0.2) is 53.0 Å². The van der Waals surface area contributed by atoms with E-state index in [4.69, 9.17) is 29.8 Å². The number of amides is 1. The SMILES string of the molecule is COC(=O)c1cccc2c1OCC(N)C(=O)N2Cc1c(OC)ccc2cc(Br)ccc12.O=C(O)C(F)(F)F. The molecule has 0 saturated heterocycles. The highest BCUT2D eigenvalue weighted by atomic mass is 79.9. The van der Waals surface area contributed by atoms with Gasteiger partial charge in [0.2, 0.25) is 5.91 Å². The Labute approximate surface area is 223 Å². The van der Waals surface area contributed by atoms with Gasteiger partial charge < -0.3 is 30.0 Å². The lowest BCUT2D eigenvalue weighted by atomic mass is 10.0. The minimum atomic E-state index is -5.08. The highest BCUT2D eigenvalue weighted by molar-refractivity contribution is 9.10. The van der Waals surface area contributed by atoms with Gasteiger partial charge in [0.25, 0.3) is 0 Å². The van der Waals surface area contributed by atoms with Crippen LogP contribution in [-0.2, 0) is 20.9 Å². The lowest BCUT2D eigenvalue weighted by Gasteiger charge is -2.25. The molecule has 3 aromatic rings. The van der Waals surface area contributed by atoms with Gasteiger partial charge in [0.15, 0.2) is 5.75 Å². The summed E-state index contributed by atoms with van der Waals surface area (Å²) < 4.78 is 49.0. The molecule has 1 atom stereocenters. The van der Waals surface area contributed by atoms with E-state index in [-0.39, 0.29) is 30.4 Å². The van der Waals surface area contributed by atoms with E-state index in [1.165, 1.54) is 7.11 Å². The molecule has 4 rings (SSSR count). The Morgan fingerprint density at radius 3 is 2.47 bits per heavy atom. The number of rotatable bonds is 4. The summed E-state index contributed by atoms with van der Waals surface area (Å²) in [5.41, 5.74) is 7.61. The molecule has 202 valence electrons. The second-order valence-electron chi connectivity index (χ2n) is 7.90. The number of alkyl halides is 3. The van der Waals surface area contributed by atoms with Gasteiger partial charge in [-0.3, -0.25) is 4.79 Å². The summed E-state index contributed by atoms with van der Waals surface area (Å²) in [5.74, 6) is -2.69. The number of fused-ring (bicyclic) bond motifs is 2. The van der Waals surface area contributed by atoms with E-state index in [9.17, 15) is 22.8 Å². The van der Waals surface area contributed by atoms with Crippen molar-refractivity contribution in [2.45, 2.75) is 18.8 Å². The maximum absolute atomic E-state index is 13.2. The van der Waals surface area contributed by atoms with Crippen molar-refractivity contribution in [1.29, 1.82) is 0 Å². The van der Waals surface area contributed by atoms with E-state index in [0.29, 0.717) is 11.4 Å². The van der Waals surface area contributed by atoms with Crippen LogP contribution in [0.4, 0.5) is 18.9 Å². The van der Waals surface area contributed by atoms with Gasteiger partial charge in [-0.25, -0.2) is 9.59 Å². The minimum Gasteiger partial charge on any atom is -0.496 e. The fourth-order valence-corrected chi connectivity index (χ4v) is 4.12. The highest BCUT2D eigenvalue weighted by Crippen LogP contribution is 2.38. The van der Waals surface area contributed by atoms with Crippen molar-refractivity contribution >= 4 is 50.2 Å². The number of carbonyl (C=O) groups is 3. The number of nitrogens with zero attached hydrogens (tertiary/aromatic N) is 1. The number of carboxylic acids is 1. The summed E-state index contributed by atoms with van der Waals surface area (Å²) in [7, 11) is 2.89. The number of benzene rings is 3. The van der Waals surface area contributed by atoms with E-state index in [0.717, 1.165) is 20.8 Å². The fourth-order valence-electron chi connectivity index (χ4n) is 3.74. The number of aliphatic carboxylic acids is 1. The number of anilines is 1. The summed E-state index contributed by atoms with van der Waals surface area (Å²) in [4.78, 5) is 35.9. The van der Waals surface area contributed by atoms with Gasteiger partial charge >= 0.3 is 18.1 Å². The molecule has 0 aromatic heterocycles. The van der Waals surface area contributed by atoms with Crippen LogP contribution < -0.4 is 20.1 Å². The standard InChI is InChI=1S/C23H21BrN2O5.C2HF3O2/c1-29-20-9-6-13-10-14(24)7-8-15(13)17(20)11-26-19-5-3-4-16(23(28)30-2)21(19)31-12-18(25)22(26)27;3-2(4,5)1(6)7/h3-10,18H,11-12,25H2,1-2H3;(H,6,7). The molecular weight excluding hydrogens is 577 g/mol. The highest BCUT2D eigenvalue weighted by Gasteiger charge is 2.38. The molecular formula is C25H22BrF3N2O7. The number of carboxylic acid groups (broad SMARTS) is 1. The molecule has 1 aliphatic heterocycles. The lowest BCUT2D eigenvalue weighted by molar-refractivity contribution is -0.192. The van der Waals surface area contributed by atoms with E-state index in [2.05, 4.69) is 15.9 Å². The molecule has 3 N–H and O–H groups in total. The first-order chi connectivity index (χ1) is 17.9. The van der Waals surface area contributed by atoms with Crippen LogP contribution >= 0.6 is 15.9 Å². The quantitative estimate of drug-likeness (QED) is 0.426. The molecule has 1 unspecified atom stereocenters. The number of para-hydroxylation sites is 1. The fraction of sp³-hybridized carbons (Fsp3) is 0.240. The number of halogens is 4. The monoisotopic (exact) mass is 598 g/mol. The zero-order chi connectivity index (χ0) is 28.2. The van der Waals surface area contributed by atoms with Gasteiger partial charge in [0.05, 0.1) is 26.5 Å². The van der Waals surface area contributed by atoms with Crippen LogP contribution in [0.3, 0.4) is 0 Å². The predicted octanol–water partition coefficient (Wildman–Crippen LogP) is 4.28. The van der Waals surface area contributed by atoms with Crippen molar-refractivity contribution in [3.8, 4) is 11.5 Å². The van der Waals surface area contributed by atoms with Gasteiger partial charge in [0, 0.05) is 10.0 Å². The van der Waals surface area contributed by atoms with Crippen molar-refractivity contribution in [3.63, 3.8) is 0 Å². The van der Waals surface area contributed by atoms with Crippen LogP contribution in [-0.4, -0.2) is 56.0 Å². The van der Waals surface area contributed by atoms with Crippen molar-refractivity contribution in [1.82, 2.24) is 0 Å². The predicted molar refractivity (Wildman–Crippen MR) is 134 cm³/mol. The number of methoxy groups -OCH3 is 2. The Morgan fingerprint density at radius 1 is 1.18 bits per heavy atom. The zero-order valence-corrected chi connectivity index (χ0v) is 21.6. The number of carbonyl (C=O) groups excluding carboxylic acids is 2. The summed E-state index contributed by atoms with van der Waals surface area (Å²) in [6.45, 7) is 0.144. The van der Waals surface area contributed by atoms with Crippen molar-refractivity contribution < 1.29 is 46.9 Å². The van der Waals surface area contributed by atoms with Crippen molar-refractivity contribution in [2.75, 3.05) is 25.7 Å². The Bertz CT molecular complexity index is 1380. The second kappa shape index (κ2) is 11.7. The zero-order valence-electron chi connectivity index (χ0n) is 20.0. The summed E-state index contributed by atoms with van der Waals surface area (Å²) in [6.07, 6.45) is -5.08. The molecule has 13 heteroatoms. The third-order valence-corrected chi connectivity index (χ3v) is 6.00. The minimum absolute atomic E-state index is 0.0457. The molecule has 3 aromatic carbocycles. The van der Waals surface area contributed by atoms with Gasteiger partial charge in [-0.05, 0) is 41.1 Å².